The molecular weight excluding hydrogens is 404 g/mol. The largest absolute Gasteiger partial charge is 0.325 e. The number of carbonyl (C=O) groups is 2. The van der Waals surface area contributed by atoms with Crippen molar-refractivity contribution in [2.75, 3.05) is 16.4 Å². The van der Waals surface area contributed by atoms with Gasteiger partial charge in [-0.25, -0.2) is 0 Å². The number of carbonyl (C=O) groups excluding carboxylic acids is 2. The number of halogens is 1. The second-order valence-corrected chi connectivity index (χ2v) is 8.10. The molecule has 2 N–H and O–H groups in total. The number of aromatic nitrogens is 2. The van der Waals surface area contributed by atoms with Gasteiger partial charge < -0.3 is 5.32 Å². The highest BCUT2D eigenvalue weighted by atomic mass is 35.5. The zero-order valence-electron chi connectivity index (χ0n) is 14.2. The molecule has 1 heterocycles. The van der Waals surface area contributed by atoms with Crippen molar-refractivity contribution < 1.29 is 9.59 Å². The molecule has 0 saturated heterocycles. The van der Waals surface area contributed by atoms with E-state index in [9.17, 15) is 9.59 Å². The lowest BCUT2D eigenvalue weighted by Crippen LogP contribution is -2.13. The third-order valence-corrected chi connectivity index (χ3v) is 5.82. The first-order valence-corrected chi connectivity index (χ1v) is 10.1. The van der Waals surface area contributed by atoms with Crippen molar-refractivity contribution in [2.45, 2.75) is 11.3 Å². The Morgan fingerprint density at radius 1 is 1.11 bits per heavy atom. The lowest BCUT2D eigenvalue weighted by atomic mass is 10.2. The molecule has 9 heteroatoms. The Bertz CT molecular complexity index is 963. The van der Waals surface area contributed by atoms with Gasteiger partial charge in [-0.15, -0.1) is 10.2 Å². The fourth-order valence-electron chi connectivity index (χ4n) is 2.07. The molecule has 3 aromatic rings. The zero-order valence-corrected chi connectivity index (χ0v) is 16.6. The van der Waals surface area contributed by atoms with Gasteiger partial charge in [-0.2, -0.15) is 0 Å². The Morgan fingerprint density at radius 2 is 1.89 bits per heavy atom. The average molecular weight is 419 g/mol. The summed E-state index contributed by atoms with van der Waals surface area (Å²) in [5.74, 6) is -0.255. The lowest BCUT2D eigenvalue weighted by molar-refractivity contribution is -0.113. The van der Waals surface area contributed by atoms with Crippen LogP contribution in [0.4, 0.5) is 10.8 Å². The lowest BCUT2D eigenvalue weighted by Gasteiger charge is -2.06. The molecule has 0 radical (unpaired) electrons. The van der Waals surface area contributed by atoms with Gasteiger partial charge in [-0.3, -0.25) is 14.9 Å². The molecule has 1 aromatic heterocycles. The van der Waals surface area contributed by atoms with Gasteiger partial charge in [0.05, 0.1) is 5.75 Å². The van der Waals surface area contributed by atoms with Crippen molar-refractivity contribution in [3.05, 3.63) is 64.7 Å². The van der Waals surface area contributed by atoms with Gasteiger partial charge in [0, 0.05) is 16.3 Å². The van der Waals surface area contributed by atoms with E-state index in [-0.39, 0.29) is 17.6 Å². The molecule has 0 aliphatic heterocycles. The molecule has 27 heavy (non-hydrogen) atoms. The third-order valence-electron chi connectivity index (χ3n) is 3.45. The minimum absolute atomic E-state index is 0.173. The Labute approximate surface area is 169 Å². The van der Waals surface area contributed by atoms with Gasteiger partial charge in [0.1, 0.15) is 0 Å². The van der Waals surface area contributed by atoms with E-state index in [1.54, 1.807) is 36.4 Å². The van der Waals surface area contributed by atoms with Gasteiger partial charge in [-0.1, -0.05) is 59.0 Å². The van der Waals surface area contributed by atoms with Crippen molar-refractivity contribution in [2.24, 2.45) is 0 Å². The predicted octanol–water partition coefficient (Wildman–Crippen LogP) is 4.48. The molecule has 0 atom stereocenters. The molecule has 0 saturated carbocycles. The summed E-state index contributed by atoms with van der Waals surface area (Å²) in [5.41, 5.74) is 2.13. The smallest absolute Gasteiger partial charge is 0.257 e. The summed E-state index contributed by atoms with van der Waals surface area (Å²) in [6.45, 7) is 1.90. The maximum Gasteiger partial charge on any atom is 0.257 e. The zero-order chi connectivity index (χ0) is 19.2. The van der Waals surface area contributed by atoms with Crippen LogP contribution in [-0.2, 0) is 4.79 Å². The number of nitrogens with one attached hydrogen (secondary N) is 2. The van der Waals surface area contributed by atoms with Crippen molar-refractivity contribution in [3.8, 4) is 0 Å². The van der Waals surface area contributed by atoms with Crippen LogP contribution in [0.3, 0.4) is 0 Å². The molecule has 6 nitrogen and oxygen atoms in total. The van der Waals surface area contributed by atoms with E-state index in [1.807, 2.05) is 19.1 Å². The van der Waals surface area contributed by atoms with Crippen LogP contribution >= 0.6 is 34.7 Å². The Balaban J connectivity index is 1.51. The molecular formula is C18H15ClN4O2S2. The summed E-state index contributed by atoms with van der Waals surface area (Å²) >= 11 is 8.51. The molecule has 0 bridgehead atoms. The van der Waals surface area contributed by atoms with Crippen molar-refractivity contribution >= 4 is 57.3 Å². The fraction of sp³-hybridized carbons (Fsp3) is 0.111. The number of rotatable bonds is 6. The number of aryl methyl sites for hydroxylation is 1. The number of benzene rings is 2. The fourth-order valence-corrected chi connectivity index (χ4v) is 3.80. The molecule has 2 aromatic carbocycles. The van der Waals surface area contributed by atoms with Crippen molar-refractivity contribution in [1.82, 2.24) is 10.2 Å². The third kappa shape index (κ3) is 5.53. The average Bonchev–Trinajstić information content (AvgIpc) is 3.11. The monoisotopic (exact) mass is 418 g/mol. The first-order valence-electron chi connectivity index (χ1n) is 7.90. The molecule has 0 fully saturated rings. The molecule has 0 aliphatic carbocycles. The summed E-state index contributed by atoms with van der Waals surface area (Å²) in [6, 6.07) is 14.2. The number of hydrogen-bond acceptors (Lipinski definition) is 6. The van der Waals surface area contributed by atoms with E-state index in [2.05, 4.69) is 20.8 Å². The number of hydrogen-bond donors (Lipinski definition) is 2. The van der Waals surface area contributed by atoms with Gasteiger partial charge in [0.25, 0.3) is 5.91 Å². The van der Waals surface area contributed by atoms with Crippen molar-refractivity contribution in [1.29, 1.82) is 0 Å². The van der Waals surface area contributed by atoms with Crippen LogP contribution in [0.2, 0.25) is 5.02 Å². The first kappa shape index (κ1) is 19.3. The van der Waals surface area contributed by atoms with E-state index in [1.165, 1.54) is 23.1 Å². The van der Waals surface area contributed by atoms with Gasteiger partial charge >= 0.3 is 0 Å². The van der Waals surface area contributed by atoms with Crippen LogP contribution in [0.5, 0.6) is 0 Å². The first-order chi connectivity index (χ1) is 13.0. The maximum atomic E-state index is 12.1. The predicted molar refractivity (Wildman–Crippen MR) is 110 cm³/mol. The molecule has 138 valence electrons. The SMILES string of the molecule is Cc1ccc(NC(=O)CSc2nnc(NC(=O)c3ccccc3)s2)cc1Cl. The second-order valence-electron chi connectivity index (χ2n) is 5.49. The van der Waals surface area contributed by atoms with Crippen LogP contribution in [0.1, 0.15) is 15.9 Å². The van der Waals surface area contributed by atoms with Crippen LogP contribution in [-0.4, -0.2) is 27.8 Å². The van der Waals surface area contributed by atoms with Gasteiger partial charge in [0.2, 0.25) is 11.0 Å². The summed E-state index contributed by atoms with van der Waals surface area (Å²) in [5, 5.41) is 14.4. The summed E-state index contributed by atoms with van der Waals surface area (Å²) < 4.78 is 0.593. The molecule has 0 unspecified atom stereocenters. The molecule has 0 aliphatic rings. The summed E-state index contributed by atoms with van der Waals surface area (Å²) in [4.78, 5) is 24.2. The molecule has 2 amide bonds. The Morgan fingerprint density at radius 3 is 2.63 bits per heavy atom. The molecule has 3 rings (SSSR count). The van der Waals surface area contributed by atoms with Gasteiger partial charge in [-0.05, 0) is 36.8 Å². The number of thioether (sulfide) groups is 1. The van der Waals surface area contributed by atoms with Crippen molar-refractivity contribution in [3.63, 3.8) is 0 Å². The summed E-state index contributed by atoms with van der Waals surface area (Å²) in [6.07, 6.45) is 0. The summed E-state index contributed by atoms with van der Waals surface area (Å²) in [7, 11) is 0. The number of anilines is 2. The van der Waals surface area contributed by atoms with E-state index < -0.39 is 0 Å². The van der Waals surface area contributed by atoms with E-state index in [4.69, 9.17) is 11.6 Å². The minimum atomic E-state index is -0.253. The quantitative estimate of drug-likeness (QED) is 0.455. The Kier molecular flexibility index (Phi) is 6.44. The maximum absolute atomic E-state index is 12.1. The van der Waals surface area contributed by atoms with E-state index in [0.717, 1.165) is 5.56 Å². The topological polar surface area (TPSA) is 84.0 Å². The van der Waals surface area contributed by atoms with Gasteiger partial charge in [0.15, 0.2) is 4.34 Å². The highest BCUT2D eigenvalue weighted by Gasteiger charge is 2.12. The molecule has 0 spiro atoms. The highest BCUT2D eigenvalue weighted by Crippen LogP contribution is 2.26. The Hall–Kier alpha value is -2.42. The van der Waals surface area contributed by atoms with Crippen LogP contribution in [0.25, 0.3) is 0 Å². The highest BCUT2D eigenvalue weighted by molar-refractivity contribution is 8.01. The van der Waals surface area contributed by atoms with Crippen LogP contribution in [0, 0.1) is 6.92 Å². The number of nitrogens with zero attached hydrogens (tertiary/aromatic N) is 2. The van der Waals surface area contributed by atoms with Crippen LogP contribution < -0.4 is 10.6 Å². The normalized spacial score (nSPS) is 10.4. The second kappa shape index (κ2) is 8.98. The minimum Gasteiger partial charge on any atom is -0.325 e. The number of amides is 2. The standard InChI is InChI=1S/C18H15ClN4O2S2/c1-11-7-8-13(9-14(11)19)20-15(24)10-26-18-23-22-17(27-18)21-16(25)12-5-3-2-4-6-12/h2-9H,10H2,1H3,(H,20,24)(H,21,22,25). The van der Waals surface area contributed by atoms with E-state index >= 15 is 0 Å². The van der Waals surface area contributed by atoms with Crippen LogP contribution in [0.15, 0.2) is 52.9 Å². The van der Waals surface area contributed by atoms with E-state index in [0.29, 0.717) is 25.7 Å².